The number of hydrogen-bond donors (Lipinski definition) is 0. The summed E-state index contributed by atoms with van der Waals surface area (Å²) in [4.78, 5) is 9.13. The van der Waals surface area contributed by atoms with Crippen LogP contribution < -0.4 is 0 Å². The van der Waals surface area contributed by atoms with Gasteiger partial charge in [0.25, 0.3) is 0 Å². The first kappa shape index (κ1) is 14.7. The molecule has 0 unspecified atom stereocenters. The highest BCUT2D eigenvalue weighted by molar-refractivity contribution is 5.76. The molecule has 0 aliphatic heterocycles. The lowest BCUT2D eigenvalue weighted by Gasteiger charge is -2.09. The third-order valence-corrected chi connectivity index (χ3v) is 3.47. The lowest BCUT2D eigenvalue weighted by molar-refractivity contribution is 0.0363. The van der Waals surface area contributed by atoms with E-state index in [2.05, 4.69) is 36.2 Å². The molecule has 0 spiro atoms. The number of nitrogens with zero attached hydrogens (tertiary/aromatic N) is 3. The Bertz CT molecular complexity index is 750. The number of ether oxygens (including phenoxy) is 2. The Balaban J connectivity index is 1.98. The van der Waals surface area contributed by atoms with Crippen molar-refractivity contribution >= 4 is 11.2 Å². The fraction of sp³-hybridized carbons (Fsp3) is 0.294. The Labute approximate surface area is 129 Å². The monoisotopic (exact) mass is 297 g/mol. The zero-order valence-corrected chi connectivity index (χ0v) is 12.8. The number of pyridine rings is 1. The quantitative estimate of drug-likeness (QED) is 0.656. The predicted octanol–water partition coefficient (Wildman–Crippen LogP) is 3.03. The Morgan fingerprint density at radius 3 is 2.68 bits per heavy atom. The van der Waals surface area contributed by atoms with Gasteiger partial charge in [-0.25, -0.2) is 9.97 Å². The number of aryl methyl sites for hydroxylation is 1. The van der Waals surface area contributed by atoms with Crippen molar-refractivity contribution < 1.29 is 9.47 Å². The number of rotatable bonds is 6. The molecule has 0 bridgehead atoms. The Morgan fingerprint density at radius 1 is 1.09 bits per heavy atom. The lowest BCUT2D eigenvalue weighted by atomic mass is 10.1. The molecule has 0 saturated heterocycles. The molecule has 0 fully saturated rings. The van der Waals surface area contributed by atoms with Crippen LogP contribution in [0, 0.1) is 6.92 Å². The molecule has 0 radical (unpaired) electrons. The van der Waals surface area contributed by atoms with Gasteiger partial charge in [0, 0.05) is 18.9 Å². The maximum absolute atomic E-state index is 5.67. The average Bonchev–Trinajstić information content (AvgIpc) is 2.91. The molecule has 5 heteroatoms. The van der Waals surface area contributed by atoms with Crippen molar-refractivity contribution in [2.24, 2.45) is 0 Å². The molecule has 0 amide bonds. The summed E-state index contributed by atoms with van der Waals surface area (Å²) in [5.74, 6) is 0.867. The van der Waals surface area contributed by atoms with Gasteiger partial charge in [-0.1, -0.05) is 29.8 Å². The summed E-state index contributed by atoms with van der Waals surface area (Å²) in [5, 5.41) is 0. The van der Waals surface area contributed by atoms with Crippen molar-refractivity contribution in [1.82, 2.24) is 14.5 Å². The van der Waals surface area contributed by atoms with E-state index in [1.165, 1.54) is 5.56 Å². The van der Waals surface area contributed by atoms with Crippen LogP contribution in [0.3, 0.4) is 0 Å². The molecular weight excluding hydrogens is 278 g/mol. The Hall–Kier alpha value is -2.24. The molecule has 5 nitrogen and oxygen atoms in total. The summed E-state index contributed by atoms with van der Waals surface area (Å²) in [6.07, 6.45) is 1.77. The van der Waals surface area contributed by atoms with Crippen LogP contribution in [0.25, 0.3) is 22.6 Å². The molecule has 3 rings (SSSR count). The third-order valence-electron chi connectivity index (χ3n) is 3.47. The van der Waals surface area contributed by atoms with E-state index in [1.54, 1.807) is 13.3 Å². The molecule has 1 aromatic carbocycles. The van der Waals surface area contributed by atoms with E-state index in [0.29, 0.717) is 19.9 Å². The van der Waals surface area contributed by atoms with Crippen LogP contribution in [0.15, 0.2) is 42.6 Å². The molecule has 0 N–H and O–H groups in total. The highest BCUT2D eigenvalue weighted by Gasteiger charge is 2.13. The molecule has 3 aromatic rings. The van der Waals surface area contributed by atoms with Crippen LogP contribution in [-0.2, 0) is 16.2 Å². The first-order valence-corrected chi connectivity index (χ1v) is 7.24. The summed E-state index contributed by atoms with van der Waals surface area (Å²) in [7, 11) is 1.66. The summed E-state index contributed by atoms with van der Waals surface area (Å²) in [6.45, 7) is 3.58. The van der Waals surface area contributed by atoms with E-state index in [-0.39, 0.29) is 0 Å². The highest BCUT2D eigenvalue weighted by atomic mass is 16.5. The largest absolute Gasteiger partial charge is 0.382 e. The molecule has 0 aliphatic carbocycles. The first-order valence-electron chi connectivity index (χ1n) is 7.24. The zero-order valence-electron chi connectivity index (χ0n) is 12.8. The number of methoxy groups -OCH3 is 1. The third kappa shape index (κ3) is 3.00. The molecule has 2 aromatic heterocycles. The van der Waals surface area contributed by atoms with Gasteiger partial charge in [-0.05, 0) is 19.1 Å². The predicted molar refractivity (Wildman–Crippen MR) is 85.5 cm³/mol. The maximum Gasteiger partial charge on any atom is 0.162 e. The molecule has 22 heavy (non-hydrogen) atoms. The minimum absolute atomic E-state index is 0.403. The molecule has 2 heterocycles. The van der Waals surface area contributed by atoms with Gasteiger partial charge >= 0.3 is 0 Å². The van der Waals surface area contributed by atoms with Crippen molar-refractivity contribution in [2.75, 3.05) is 20.3 Å². The van der Waals surface area contributed by atoms with Crippen molar-refractivity contribution in [3.8, 4) is 11.4 Å². The maximum atomic E-state index is 5.67. The lowest BCUT2D eigenvalue weighted by Crippen LogP contribution is -2.09. The van der Waals surface area contributed by atoms with E-state index in [9.17, 15) is 0 Å². The van der Waals surface area contributed by atoms with Crippen LogP contribution in [0.1, 0.15) is 5.56 Å². The zero-order chi connectivity index (χ0) is 15.4. The molecule has 0 aliphatic rings. The van der Waals surface area contributed by atoms with Crippen molar-refractivity contribution in [3.05, 3.63) is 48.2 Å². The van der Waals surface area contributed by atoms with Crippen molar-refractivity contribution in [1.29, 1.82) is 0 Å². The minimum Gasteiger partial charge on any atom is -0.382 e. The molecule has 0 atom stereocenters. The van der Waals surface area contributed by atoms with Gasteiger partial charge in [-0.2, -0.15) is 0 Å². The molecule has 114 valence electrons. The van der Waals surface area contributed by atoms with E-state index in [0.717, 1.165) is 22.6 Å². The van der Waals surface area contributed by atoms with Crippen molar-refractivity contribution in [3.63, 3.8) is 0 Å². The van der Waals surface area contributed by atoms with Crippen LogP contribution in [0.2, 0.25) is 0 Å². The standard InChI is InChI=1S/C17H19N3O2/c1-13-5-7-14(8-6-13)16-19-15-4-3-9-18-17(15)20(16)12-22-11-10-21-2/h3-9H,10-12H2,1-2H3. The molecular formula is C17H19N3O2. The average molecular weight is 297 g/mol. The minimum atomic E-state index is 0.403. The summed E-state index contributed by atoms with van der Waals surface area (Å²) in [6, 6.07) is 12.2. The summed E-state index contributed by atoms with van der Waals surface area (Å²) >= 11 is 0. The van der Waals surface area contributed by atoms with Crippen LogP contribution >= 0.6 is 0 Å². The number of imidazole rings is 1. The SMILES string of the molecule is COCCOCn1c(-c2ccc(C)cc2)nc2cccnc21. The highest BCUT2D eigenvalue weighted by Crippen LogP contribution is 2.23. The first-order chi connectivity index (χ1) is 10.8. The van der Waals surface area contributed by atoms with Gasteiger partial charge in [0.15, 0.2) is 5.65 Å². The van der Waals surface area contributed by atoms with Gasteiger partial charge in [0.1, 0.15) is 18.1 Å². The summed E-state index contributed by atoms with van der Waals surface area (Å²) < 4.78 is 12.7. The second-order valence-electron chi connectivity index (χ2n) is 5.11. The number of benzene rings is 1. The fourth-order valence-electron chi connectivity index (χ4n) is 2.30. The van der Waals surface area contributed by atoms with Crippen LogP contribution in [-0.4, -0.2) is 34.9 Å². The van der Waals surface area contributed by atoms with Crippen molar-refractivity contribution in [2.45, 2.75) is 13.7 Å². The second kappa shape index (κ2) is 6.68. The van der Waals surface area contributed by atoms with E-state index < -0.39 is 0 Å². The van der Waals surface area contributed by atoms with E-state index in [4.69, 9.17) is 14.5 Å². The van der Waals surface area contributed by atoms with Gasteiger partial charge in [-0.15, -0.1) is 0 Å². The molecule has 0 saturated carbocycles. The van der Waals surface area contributed by atoms with E-state index in [1.807, 2.05) is 16.7 Å². The Kier molecular flexibility index (Phi) is 4.46. The van der Waals surface area contributed by atoms with E-state index >= 15 is 0 Å². The number of aromatic nitrogens is 3. The Morgan fingerprint density at radius 2 is 1.91 bits per heavy atom. The van der Waals surface area contributed by atoms with Gasteiger partial charge < -0.3 is 9.47 Å². The second-order valence-corrected chi connectivity index (χ2v) is 5.11. The topological polar surface area (TPSA) is 49.2 Å². The number of hydrogen-bond acceptors (Lipinski definition) is 4. The normalized spacial score (nSPS) is 11.2. The van der Waals surface area contributed by atoms with Crippen LogP contribution in [0.4, 0.5) is 0 Å². The van der Waals surface area contributed by atoms with Crippen LogP contribution in [0.5, 0.6) is 0 Å². The van der Waals surface area contributed by atoms with Gasteiger partial charge in [-0.3, -0.25) is 4.57 Å². The number of fused-ring (bicyclic) bond motifs is 1. The van der Waals surface area contributed by atoms with Gasteiger partial charge in [0.2, 0.25) is 0 Å². The fourth-order valence-corrected chi connectivity index (χ4v) is 2.30. The summed E-state index contributed by atoms with van der Waals surface area (Å²) in [5.41, 5.74) is 3.98. The smallest absolute Gasteiger partial charge is 0.162 e. The van der Waals surface area contributed by atoms with Gasteiger partial charge in [0.05, 0.1) is 13.2 Å².